The Labute approximate surface area is 122 Å². The summed E-state index contributed by atoms with van der Waals surface area (Å²) in [6.07, 6.45) is 0.944. The number of ether oxygens (including phenoxy) is 2. The third kappa shape index (κ3) is 3.87. The van der Waals surface area contributed by atoms with Crippen LogP contribution in [0.25, 0.3) is 0 Å². The van der Waals surface area contributed by atoms with Crippen LogP contribution >= 0.6 is 0 Å². The van der Waals surface area contributed by atoms with E-state index in [0.717, 1.165) is 50.8 Å². The fourth-order valence-electron chi connectivity index (χ4n) is 2.37. The highest BCUT2D eigenvalue weighted by molar-refractivity contribution is 5.44. The van der Waals surface area contributed by atoms with Crippen LogP contribution in [0.5, 0.6) is 11.5 Å². The third-order valence-electron chi connectivity index (χ3n) is 3.66. The lowest BCUT2D eigenvalue weighted by Gasteiger charge is -2.24. The molecular formula is C16H26N2O2. The first-order valence-corrected chi connectivity index (χ1v) is 7.56. The minimum absolute atomic E-state index is 0.321. The topological polar surface area (TPSA) is 33.7 Å². The van der Waals surface area contributed by atoms with Gasteiger partial charge in [0.2, 0.25) is 0 Å². The Morgan fingerprint density at radius 2 is 1.95 bits per heavy atom. The van der Waals surface area contributed by atoms with E-state index in [-0.39, 0.29) is 0 Å². The maximum absolute atomic E-state index is 5.78. The minimum Gasteiger partial charge on any atom is -0.490 e. The molecule has 0 saturated heterocycles. The molecule has 0 radical (unpaired) electrons. The number of hydrogen-bond acceptors (Lipinski definition) is 4. The zero-order chi connectivity index (χ0) is 14.4. The zero-order valence-corrected chi connectivity index (χ0v) is 12.8. The average Bonchev–Trinajstić information content (AvgIpc) is 2.71. The fraction of sp³-hybridized carbons (Fsp3) is 0.625. The maximum atomic E-state index is 5.78. The summed E-state index contributed by atoms with van der Waals surface area (Å²) < 4.78 is 11.5. The predicted molar refractivity (Wildman–Crippen MR) is 81.6 cm³/mol. The Morgan fingerprint density at radius 1 is 1.20 bits per heavy atom. The highest BCUT2D eigenvalue weighted by Gasteiger charge is 2.16. The molecule has 2 rings (SSSR count). The lowest BCUT2D eigenvalue weighted by Crippen LogP contribution is -2.32. The van der Waals surface area contributed by atoms with Gasteiger partial charge < -0.3 is 19.7 Å². The van der Waals surface area contributed by atoms with E-state index in [1.807, 2.05) is 6.07 Å². The standard InChI is InChI=1S/C16H26N2O2/c1-4-17-14(12-18(3)5-2)13-7-8-15-16(11-13)20-10-6-9-19-15/h7-8,11,14,17H,4-6,9-10,12H2,1-3H3. The Balaban J connectivity index is 2.17. The summed E-state index contributed by atoms with van der Waals surface area (Å²) in [4.78, 5) is 2.32. The van der Waals surface area contributed by atoms with Crippen molar-refractivity contribution in [3.8, 4) is 11.5 Å². The Morgan fingerprint density at radius 3 is 2.65 bits per heavy atom. The van der Waals surface area contributed by atoms with E-state index in [4.69, 9.17) is 9.47 Å². The molecule has 0 amide bonds. The molecule has 1 unspecified atom stereocenters. The van der Waals surface area contributed by atoms with Crippen molar-refractivity contribution in [1.82, 2.24) is 10.2 Å². The number of rotatable bonds is 6. The summed E-state index contributed by atoms with van der Waals surface area (Å²) in [5.74, 6) is 1.74. The van der Waals surface area contributed by atoms with Crippen molar-refractivity contribution in [2.24, 2.45) is 0 Å². The van der Waals surface area contributed by atoms with Crippen LogP contribution < -0.4 is 14.8 Å². The molecule has 1 aromatic rings. The SMILES string of the molecule is CCNC(CN(C)CC)c1ccc2c(c1)OCCCO2. The molecule has 112 valence electrons. The molecule has 0 aliphatic carbocycles. The summed E-state index contributed by atoms with van der Waals surface area (Å²) in [6.45, 7) is 8.78. The van der Waals surface area contributed by atoms with Crippen molar-refractivity contribution in [2.75, 3.05) is 39.9 Å². The normalized spacial score (nSPS) is 16.0. The van der Waals surface area contributed by atoms with Crippen LogP contribution in [0.2, 0.25) is 0 Å². The monoisotopic (exact) mass is 278 g/mol. The van der Waals surface area contributed by atoms with E-state index in [0.29, 0.717) is 6.04 Å². The van der Waals surface area contributed by atoms with Gasteiger partial charge in [0.1, 0.15) is 0 Å². The van der Waals surface area contributed by atoms with Crippen molar-refractivity contribution in [3.05, 3.63) is 23.8 Å². The van der Waals surface area contributed by atoms with Gasteiger partial charge in [-0.3, -0.25) is 0 Å². The third-order valence-corrected chi connectivity index (χ3v) is 3.66. The molecule has 1 aromatic carbocycles. The second-order valence-electron chi connectivity index (χ2n) is 5.22. The second kappa shape index (κ2) is 7.50. The van der Waals surface area contributed by atoms with Gasteiger partial charge in [0.15, 0.2) is 11.5 Å². The summed E-state index contributed by atoms with van der Waals surface area (Å²) >= 11 is 0. The van der Waals surface area contributed by atoms with Crippen LogP contribution in [0.1, 0.15) is 31.9 Å². The first-order valence-electron chi connectivity index (χ1n) is 7.56. The summed E-state index contributed by atoms with van der Waals surface area (Å²) in [5, 5.41) is 3.55. The minimum atomic E-state index is 0.321. The molecule has 0 bridgehead atoms. The lowest BCUT2D eigenvalue weighted by atomic mass is 10.1. The molecule has 1 aliphatic rings. The van der Waals surface area contributed by atoms with E-state index in [2.05, 4.69) is 43.2 Å². The van der Waals surface area contributed by atoms with Gasteiger partial charge in [-0.1, -0.05) is 19.9 Å². The van der Waals surface area contributed by atoms with Gasteiger partial charge in [-0.15, -0.1) is 0 Å². The van der Waals surface area contributed by atoms with E-state index < -0.39 is 0 Å². The van der Waals surface area contributed by atoms with Gasteiger partial charge in [0, 0.05) is 19.0 Å². The average molecular weight is 278 g/mol. The smallest absolute Gasteiger partial charge is 0.161 e. The molecule has 1 heterocycles. The van der Waals surface area contributed by atoms with E-state index in [9.17, 15) is 0 Å². The van der Waals surface area contributed by atoms with Gasteiger partial charge >= 0.3 is 0 Å². The van der Waals surface area contributed by atoms with Crippen LogP contribution in [0.15, 0.2) is 18.2 Å². The number of nitrogens with zero attached hydrogens (tertiary/aromatic N) is 1. The van der Waals surface area contributed by atoms with Crippen LogP contribution in [0, 0.1) is 0 Å². The molecule has 0 saturated carbocycles. The molecule has 1 N–H and O–H groups in total. The number of hydrogen-bond donors (Lipinski definition) is 1. The fourth-order valence-corrected chi connectivity index (χ4v) is 2.37. The number of likely N-dealkylation sites (N-methyl/N-ethyl adjacent to an activating group) is 2. The van der Waals surface area contributed by atoms with Crippen molar-refractivity contribution < 1.29 is 9.47 Å². The number of fused-ring (bicyclic) bond motifs is 1. The quantitative estimate of drug-likeness (QED) is 0.866. The molecule has 4 heteroatoms. The van der Waals surface area contributed by atoms with Crippen LogP contribution in [-0.4, -0.2) is 44.8 Å². The second-order valence-corrected chi connectivity index (χ2v) is 5.22. The summed E-state index contributed by atoms with van der Waals surface area (Å²) in [5.41, 5.74) is 1.26. The zero-order valence-electron chi connectivity index (χ0n) is 12.8. The summed E-state index contributed by atoms with van der Waals surface area (Å²) in [6, 6.07) is 6.62. The molecule has 1 atom stereocenters. The highest BCUT2D eigenvalue weighted by atomic mass is 16.5. The van der Waals surface area contributed by atoms with Gasteiger partial charge in [0.05, 0.1) is 13.2 Å². The molecule has 0 fully saturated rings. The van der Waals surface area contributed by atoms with Gasteiger partial charge in [-0.25, -0.2) is 0 Å². The molecular weight excluding hydrogens is 252 g/mol. The Bertz CT molecular complexity index is 423. The predicted octanol–water partition coefficient (Wildman–Crippen LogP) is 2.45. The highest BCUT2D eigenvalue weighted by Crippen LogP contribution is 2.32. The van der Waals surface area contributed by atoms with Crippen LogP contribution in [0.3, 0.4) is 0 Å². The van der Waals surface area contributed by atoms with Crippen molar-refractivity contribution in [2.45, 2.75) is 26.3 Å². The lowest BCUT2D eigenvalue weighted by molar-refractivity contribution is 0.296. The largest absolute Gasteiger partial charge is 0.490 e. The van der Waals surface area contributed by atoms with Crippen molar-refractivity contribution >= 4 is 0 Å². The maximum Gasteiger partial charge on any atom is 0.161 e. The Kier molecular flexibility index (Phi) is 5.68. The van der Waals surface area contributed by atoms with E-state index in [1.165, 1.54) is 5.56 Å². The van der Waals surface area contributed by atoms with Crippen molar-refractivity contribution in [3.63, 3.8) is 0 Å². The van der Waals surface area contributed by atoms with Crippen molar-refractivity contribution in [1.29, 1.82) is 0 Å². The molecule has 1 aliphatic heterocycles. The number of benzene rings is 1. The number of nitrogens with one attached hydrogen (secondary N) is 1. The van der Waals surface area contributed by atoms with Gasteiger partial charge in [-0.05, 0) is 37.8 Å². The van der Waals surface area contributed by atoms with Gasteiger partial charge in [-0.2, -0.15) is 0 Å². The van der Waals surface area contributed by atoms with Crippen LogP contribution in [-0.2, 0) is 0 Å². The first-order chi connectivity index (χ1) is 9.74. The van der Waals surface area contributed by atoms with E-state index in [1.54, 1.807) is 0 Å². The molecule has 0 aromatic heterocycles. The van der Waals surface area contributed by atoms with Gasteiger partial charge in [0.25, 0.3) is 0 Å². The first kappa shape index (κ1) is 15.1. The van der Waals surface area contributed by atoms with E-state index >= 15 is 0 Å². The van der Waals surface area contributed by atoms with Crippen LogP contribution in [0.4, 0.5) is 0 Å². The molecule has 20 heavy (non-hydrogen) atoms. The molecule has 0 spiro atoms. The molecule has 4 nitrogen and oxygen atoms in total. The Hall–Kier alpha value is -1.26. The summed E-state index contributed by atoms with van der Waals surface area (Å²) in [7, 11) is 2.15.